The maximum absolute atomic E-state index is 11.3. The van der Waals surface area contributed by atoms with E-state index in [1.165, 1.54) is 4.88 Å². The van der Waals surface area contributed by atoms with Gasteiger partial charge in [0.05, 0.1) is 16.9 Å². The maximum Gasteiger partial charge on any atom is 0.336 e. The van der Waals surface area contributed by atoms with Crippen LogP contribution < -0.4 is 4.90 Å². The van der Waals surface area contributed by atoms with Crippen molar-refractivity contribution in [2.75, 3.05) is 17.2 Å². The predicted octanol–water partition coefficient (Wildman–Crippen LogP) is 3.70. The highest BCUT2D eigenvalue weighted by Crippen LogP contribution is 2.42. The second kappa shape index (κ2) is 5.10. The van der Waals surface area contributed by atoms with Gasteiger partial charge in [-0.1, -0.05) is 6.07 Å². The number of aromatic nitrogens is 1. The summed E-state index contributed by atoms with van der Waals surface area (Å²) in [5.74, 6) is -0.00249. The van der Waals surface area contributed by atoms with Crippen molar-refractivity contribution in [2.45, 2.75) is 18.7 Å². The van der Waals surface area contributed by atoms with Crippen molar-refractivity contribution in [2.24, 2.45) is 0 Å². The zero-order chi connectivity index (χ0) is 14.3. The van der Waals surface area contributed by atoms with Gasteiger partial charge in [-0.15, -0.1) is 23.1 Å². The van der Waals surface area contributed by atoms with Crippen LogP contribution in [0.5, 0.6) is 0 Å². The molecule has 3 rings (SSSR count). The molecule has 104 valence electrons. The fourth-order valence-electron chi connectivity index (χ4n) is 2.19. The molecule has 0 bridgehead atoms. The fraction of sp³-hybridized carbons (Fsp3) is 0.286. The van der Waals surface area contributed by atoms with Crippen LogP contribution in [-0.4, -0.2) is 28.4 Å². The summed E-state index contributed by atoms with van der Waals surface area (Å²) < 4.78 is 0. The molecule has 0 fully saturated rings. The molecule has 0 spiro atoms. The summed E-state index contributed by atoms with van der Waals surface area (Å²) in [6, 6.07) is 5.44. The van der Waals surface area contributed by atoms with E-state index in [4.69, 9.17) is 0 Å². The van der Waals surface area contributed by atoms with Gasteiger partial charge in [0.15, 0.2) is 5.13 Å². The van der Waals surface area contributed by atoms with Crippen molar-refractivity contribution >= 4 is 39.9 Å². The van der Waals surface area contributed by atoms with Gasteiger partial charge in [0.1, 0.15) is 0 Å². The zero-order valence-electron chi connectivity index (χ0n) is 11.2. The van der Waals surface area contributed by atoms with Crippen LogP contribution in [0.25, 0.3) is 0 Å². The SMILES string of the molecule is Cc1nc(N2CCSc3c(C(=O)O)cccc32)sc1C. The largest absolute Gasteiger partial charge is 0.478 e. The van der Waals surface area contributed by atoms with Crippen LogP contribution in [0.15, 0.2) is 23.1 Å². The number of anilines is 2. The third kappa shape index (κ3) is 2.19. The third-order valence-electron chi connectivity index (χ3n) is 3.32. The Kier molecular flexibility index (Phi) is 3.43. The van der Waals surface area contributed by atoms with E-state index >= 15 is 0 Å². The van der Waals surface area contributed by atoms with Gasteiger partial charge < -0.3 is 10.0 Å². The van der Waals surface area contributed by atoms with Gasteiger partial charge in [0.2, 0.25) is 0 Å². The number of rotatable bonds is 2. The van der Waals surface area contributed by atoms with Crippen LogP contribution in [-0.2, 0) is 0 Å². The van der Waals surface area contributed by atoms with Gasteiger partial charge in [-0.2, -0.15) is 0 Å². The van der Waals surface area contributed by atoms with Crippen LogP contribution in [0.2, 0.25) is 0 Å². The monoisotopic (exact) mass is 306 g/mol. The molecule has 0 amide bonds. The highest BCUT2D eigenvalue weighted by molar-refractivity contribution is 7.99. The summed E-state index contributed by atoms with van der Waals surface area (Å²) in [4.78, 5) is 20.1. The lowest BCUT2D eigenvalue weighted by atomic mass is 10.2. The average molecular weight is 306 g/mol. The number of carboxylic acids is 1. The normalized spacial score (nSPS) is 14.2. The lowest BCUT2D eigenvalue weighted by Gasteiger charge is -2.29. The molecular formula is C14H14N2O2S2. The van der Waals surface area contributed by atoms with E-state index in [-0.39, 0.29) is 0 Å². The Hall–Kier alpha value is -1.53. The standard InChI is InChI=1S/C14H14N2O2S2/c1-8-9(2)20-14(15-8)16-6-7-19-12-10(13(17)18)4-3-5-11(12)16/h3-5H,6-7H2,1-2H3,(H,17,18). The summed E-state index contributed by atoms with van der Waals surface area (Å²) in [5, 5.41) is 10.2. The number of carboxylic acid groups (broad SMARTS) is 1. The van der Waals surface area contributed by atoms with Crippen LogP contribution in [0.4, 0.5) is 10.8 Å². The molecule has 1 N–H and O–H groups in total. The van der Waals surface area contributed by atoms with Crippen LogP contribution >= 0.6 is 23.1 Å². The van der Waals surface area contributed by atoms with Crippen LogP contribution in [0.1, 0.15) is 20.9 Å². The van der Waals surface area contributed by atoms with E-state index in [1.807, 2.05) is 13.0 Å². The third-order valence-corrected chi connectivity index (χ3v) is 5.53. The molecule has 2 heterocycles. The van der Waals surface area contributed by atoms with Crippen molar-refractivity contribution in [1.82, 2.24) is 4.98 Å². The minimum atomic E-state index is -0.873. The van der Waals surface area contributed by atoms with E-state index < -0.39 is 5.97 Å². The van der Waals surface area contributed by atoms with E-state index in [0.29, 0.717) is 5.56 Å². The highest BCUT2D eigenvalue weighted by atomic mass is 32.2. The van der Waals surface area contributed by atoms with Gasteiger partial charge in [0.25, 0.3) is 0 Å². The molecular weight excluding hydrogens is 292 g/mol. The molecule has 2 aromatic rings. The Morgan fingerprint density at radius 2 is 2.20 bits per heavy atom. The molecule has 0 saturated carbocycles. The van der Waals surface area contributed by atoms with Crippen molar-refractivity contribution in [3.05, 3.63) is 34.3 Å². The molecule has 0 aliphatic carbocycles. The molecule has 0 unspecified atom stereocenters. The Bertz CT molecular complexity index is 662. The predicted molar refractivity (Wildman–Crippen MR) is 82.7 cm³/mol. The first-order valence-corrected chi connectivity index (χ1v) is 8.09. The number of fused-ring (bicyclic) bond motifs is 1. The van der Waals surface area contributed by atoms with Crippen LogP contribution in [0, 0.1) is 13.8 Å². The second-order valence-electron chi connectivity index (χ2n) is 4.60. The van der Waals surface area contributed by atoms with Crippen molar-refractivity contribution < 1.29 is 9.90 Å². The summed E-state index contributed by atoms with van der Waals surface area (Å²) >= 11 is 3.26. The Labute approximate surface area is 125 Å². The van der Waals surface area contributed by atoms with Crippen molar-refractivity contribution in [3.63, 3.8) is 0 Å². The topological polar surface area (TPSA) is 53.4 Å². The number of thioether (sulfide) groups is 1. The first-order valence-electron chi connectivity index (χ1n) is 6.28. The van der Waals surface area contributed by atoms with Crippen molar-refractivity contribution in [1.29, 1.82) is 0 Å². The Balaban J connectivity index is 2.10. The lowest BCUT2D eigenvalue weighted by molar-refractivity contribution is 0.0693. The lowest BCUT2D eigenvalue weighted by Crippen LogP contribution is -2.25. The number of hydrogen-bond donors (Lipinski definition) is 1. The molecule has 1 aromatic heterocycles. The van der Waals surface area contributed by atoms with Gasteiger partial charge in [-0.05, 0) is 26.0 Å². The summed E-state index contributed by atoms with van der Waals surface area (Å²) in [5.41, 5.74) is 2.37. The molecule has 4 nitrogen and oxygen atoms in total. The highest BCUT2D eigenvalue weighted by Gasteiger charge is 2.25. The zero-order valence-corrected chi connectivity index (χ0v) is 12.8. The molecule has 1 aliphatic rings. The maximum atomic E-state index is 11.3. The Morgan fingerprint density at radius 3 is 2.85 bits per heavy atom. The number of aryl methyl sites for hydroxylation is 2. The number of benzene rings is 1. The molecule has 0 atom stereocenters. The Morgan fingerprint density at radius 1 is 1.40 bits per heavy atom. The first-order chi connectivity index (χ1) is 9.58. The van der Waals surface area contributed by atoms with E-state index in [2.05, 4.69) is 16.8 Å². The van der Waals surface area contributed by atoms with E-state index in [9.17, 15) is 9.90 Å². The second-order valence-corrected chi connectivity index (χ2v) is 6.88. The van der Waals surface area contributed by atoms with Crippen molar-refractivity contribution in [3.8, 4) is 0 Å². The number of nitrogens with zero attached hydrogens (tertiary/aromatic N) is 2. The number of thiazole rings is 1. The fourth-order valence-corrected chi connectivity index (χ4v) is 4.25. The van der Waals surface area contributed by atoms with E-state index in [0.717, 1.165) is 33.7 Å². The van der Waals surface area contributed by atoms with Gasteiger partial charge in [0, 0.05) is 22.1 Å². The summed E-state index contributed by atoms with van der Waals surface area (Å²) in [6.45, 7) is 4.92. The molecule has 6 heteroatoms. The minimum Gasteiger partial charge on any atom is -0.478 e. The molecule has 0 radical (unpaired) electrons. The molecule has 1 aromatic carbocycles. The summed E-state index contributed by atoms with van der Waals surface area (Å²) in [6.07, 6.45) is 0. The molecule has 20 heavy (non-hydrogen) atoms. The van der Waals surface area contributed by atoms with Gasteiger partial charge in [-0.25, -0.2) is 9.78 Å². The number of hydrogen-bond acceptors (Lipinski definition) is 5. The first kappa shape index (κ1) is 13.5. The molecule has 1 aliphatic heterocycles. The number of aromatic carboxylic acids is 1. The summed E-state index contributed by atoms with van der Waals surface area (Å²) in [7, 11) is 0. The number of carbonyl (C=O) groups is 1. The van der Waals surface area contributed by atoms with Gasteiger partial charge in [-0.3, -0.25) is 0 Å². The molecule has 0 saturated heterocycles. The van der Waals surface area contributed by atoms with Crippen LogP contribution in [0.3, 0.4) is 0 Å². The minimum absolute atomic E-state index is 0.377. The average Bonchev–Trinajstić information content (AvgIpc) is 2.77. The smallest absolute Gasteiger partial charge is 0.336 e. The van der Waals surface area contributed by atoms with E-state index in [1.54, 1.807) is 35.2 Å². The quantitative estimate of drug-likeness (QED) is 0.917. The van der Waals surface area contributed by atoms with Gasteiger partial charge >= 0.3 is 5.97 Å².